The number of carboxylic acid groups (broad SMARTS) is 1. The molecule has 3 rings (SSSR count). The van der Waals surface area contributed by atoms with E-state index in [2.05, 4.69) is 30.9 Å². The highest BCUT2D eigenvalue weighted by Crippen LogP contribution is 2.07. The van der Waals surface area contributed by atoms with Gasteiger partial charge in [-0.3, -0.25) is 0 Å². The standard InChI is InChI=1S/C13H13N7O2/c21-13(22)10-3-1-9(2-4-10)7-20-8-11(14-19-20)5-6-12-15-17-18-16-12/h1-4,8H,5-7H2,(H,21,22)(H,15,16,17,18). The number of aromatic nitrogens is 7. The highest BCUT2D eigenvalue weighted by atomic mass is 16.4. The zero-order chi connectivity index (χ0) is 15.4. The fourth-order valence-electron chi connectivity index (χ4n) is 2.00. The second-order valence-electron chi connectivity index (χ2n) is 4.74. The minimum absolute atomic E-state index is 0.267. The summed E-state index contributed by atoms with van der Waals surface area (Å²) in [4.78, 5) is 10.8. The zero-order valence-corrected chi connectivity index (χ0v) is 11.5. The molecule has 0 atom stereocenters. The van der Waals surface area contributed by atoms with Gasteiger partial charge >= 0.3 is 5.97 Å². The minimum atomic E-state index is -0.934. The molecule has 2 heterocycles. The van der Waals surface area contributed by atoms with Gasteiger partial charge in [0.2, 0.25) is 0 Å². The summed E-state index contributed by atoms with van der Waals surface area (Å²) < 4.78 is 1.71. The van der Waals surface area contributed by atoms with E-state index in [0.29, 0.717) is 25.2 Å². The second-order valence-corrected chi connectivity index (χ2v) is 4.74. The van der Waals surface area contributed by atoms with Crippen LogP contribution >= 0.6 is 0 Å². The van der Waals surface area contributed by atoms with E-state index in [0.717, 1.165) is 11.3 Å². The van der Waals surface area contributed by atoms with Crippen LogP contribution in [0, 0.1) is 0 Å². The maximum atomic E-state index is 10.8. The molecule has 0 aliphatic heterocycles. The van der Waals surface area contributed by atoms with Gasteiger partial charge in [-0.1, -0.05) is 22.6 Å². The number of carboxylic acids is 1. The van der Waals surface area contributed by atoms with Crippen LogP contribution in [0.3, 0.4) is 0 Å². The van der Waals surface area contributed by atoms with Gasteiger partial charge in [0.1, 0.15) is 0 Å². The molecule has 0 saturated carbocycles. The topological polar surface area (TPSA) is 122 Å². The third kappa shape index (κ3) is 3.32. The summed E-state index contributed by atoms with van der Waals surface area (Å²) in [5, 5.41) is 30.7. The zero-order valence-electron chi connectivity index (χ0n) is 11.5. The van der Waals surface area contributed by atoms with Gasteiger partial charge in [0.05, 0.1) is 17.8 Å². The SMILES string of the molecule is O=C(O)c1ccc(Cn2cc(CCc3nn[nH]n3)nn2)cc1. The van der Waals surface area contributed by atoms with Crippen molar-refractivity contribution in [3.63, 3.8) is 0 Å². The Morgan fingerprint density at radius 1 is 1.18 bits per heavy atom. The first kappa shape index (κ1) is 13.9. The average molecular weight is 299 g/mol. The maximum absolute atomic E-state index is 10.8. The van der Waals surface area contributed by atoms with E-state index < -0.39 is 5.97 Å². The number of benzene rings is 1. The van der Waals surface area contributed by atoms with Gasteiger partial charge in [-0.2, -0.15) is 5.21 Å². The first-order chi connectivity index (χ1) is 10.7. The molecular formula is C13H13N7O2. The van der Waals surface area contributed by atoms with Gasteiger partial charge in [-0.15, -0.1) is 15.3 Å². The summed E-state index contributed by atoms with van der Waals surface area (Å²) in [6.07, 6.45) is 3.17. The van der Waals surface area contributed by atoms with Gasteiger partial charge in [0, 0.05) is 19.0 Å². The molecule has 0 aliphatic carbocycles. The van der Waals surface area contributed by atoms with Crippen LogP contribution in [0.5, 0.6) is 0 Å². The van der Waals surface area contributed by atoms with E-state index in [4.69, 9.17) is 5.11 Å². The van der Waals surface area contributed by atoms with Crippen molar-refractivity contribution in [2.45, 2.75) is 19.4 Å². The van der Waals surface area contributed by atoms with Crippen molar-refractivity contribution in [2.24, 2.45) is 0 Å². The van der Waals surface area contributed by atoms with E-state index >= 15 is 0 Å². The highest BCUT2D eigenvalue weighted by molar-refractivity contribution is 5.87. The number of aryl methyl sites for hydroxylation is 2. The molecule has 0 spiro atoms. The lowest BCUT2D eigenvalue weighted by atomic mass is 10.1. The highest BCUT2D eigenvalue weighted by Gasteiger charge is 2.06. The summed E-state index contributed by atoms with van der Waals surface area (Å²) in [5.74, 6) is -0.296. The quantitative estimate of drug-likeness (QED) is 0.672. The van der Waals surface area contributed by atoms with E-state index in [1.54, 1.807) is 28.9 Å². The second kappa shape index (κ2) is 6.12. The maximum Gasteiger partial charge on any atom is 0.335 e. The number of carbonyl (C=O) groups is 1. The van der Waals surface area contributed by atoms with E-state index in [1.807, 2.05) is 6.20 Å². The van der Waals surface area contributed by atoms with Gasteiger partial charge in [-0.05, 0) is 17.7 Å². The first-order valence-corrected chi connectivity index (χ1v) is 6.64. The summed E-state index contributed by atoms with van der Waals surface area (Å²) >= 11 is 0. The van der Waals surface area contributed by atoms with Gasteiger partial charge < -0.3 is 5.11 Å². The van der Waals surface area contributed by atoms with Crippen molar-refractivity contribution in [3.8, 4) is 0 Å². The normalized spacial score (nSPS) is 10.7. The molecule has 0 radical (unpaired) electrons. The summed E-state index contributed by atoms with van der Waals surface area (Å²) in [6.45, 7) is 0.537. The predicted octanol–water partition coefficient (Wildman–Crippen LogP) is 0.323. The van der Waals surface area contributed by atoms with Crippen LogP contribution in [0.2, 0.25) is 0 Å². The third-order valence-electron chi connectivity index (χ3n) is 3.13. The Kier molecular flexibility index (Phi) is 3.86. The Hall–Kier alpha value is -3.10. The predicted molar refractivity (Wildman–Crippen MR) is 74.1 cm³/mol. The van der Waals surface area contributed by atoms with Gasteiger partial charge in [0.25, 0.3) is 0 Å². The number of rotatable bonds is 6. The third-order valence-corrected chi connectivity index (χ3v) is 3.13. The number of aromatic amines is 1. The van der Waals surface area contributed by atoms with Crippen molar-refractivity contribution >= 4 is 5.97 Å². The van der Waals surface area contributed by atoms with Crippen LogP contribution in [0.25, 0.3) is 0 Å². The monoisotopic (exact) mass is 299 g/mol. The summed E-state index contributed by atoms with van der Waals surface area (Å²) in [5.41, 5.74) is 2.06. The van der Waals surface area contributed by atoms with Crippen molar-refractivity contribution in [2.75, 3.05) is 0 Å². The largest absolute Gasteiger partial charge is 0.478 e. The minimum Gasteiger partial charge on any atom is -0.478 e. The molecule has 0 saturated heterocycles. The number of tetrazole rings is 1. The van der Waals surface area contributed by atoms with Crippen molar-refractivity contribution in [1.82, 2.24) is 35.6 Å². The van der Waals surface area contributed by atoms with Crippen molar-refractivity contribution in [3.05, 3.63) is 53.1 Å². The van der Waals surface area contributed by atoms with Crippen LogP contribution in [0.4, 0.5) is 0 Å². The van der Waals surface area contributed by atoms with Crippen molar-refractivity contribution < 1.29 is 9.90 Å². The molecule has 0 unspecified atom stereocenters. The van der Waals surface area contributed by atoms with Gasteiger partial charge in [0.15, 0.2) is 5.82 Å². The Morgan fingerprint density at radius 2 is 2.00 bits per heavy atom. The number of aromatic carboxylic acids is 1. The molecule has 9 nitrogen and oxygen atoms in total. The molecule has 1 aromatic carbocycles. The molecule has 3 aromatic rings. The molecule has 2 N–H and O–H groups in total. The van der Waals surface area contributed by atoms with E-state index in [-0.39, 0.29) is 5.56 Å². The van der Waals surface area contributed by atoms with Crippen LogP contribution in [-0.2, 0) is 19.4 Å². The number of nitrogens with zero attached hydrogens (tertiary/aromatic N) is 6. The van der Waals surface area contributed by atoms with Crippen LogP contribution < -0.4 is 0 Å². The molecule has 112 valence electrons. The molecule has 2 aromatic heterocycles. The molecule has 0 bridgehead atoms. The fraction of sp³-hybridized carbons (Fsp3) is 0.231. The number of hydrogen-bond donors (Lipinski definition) is 2. The lowest BCUT2D eigenvalue weighted by molar-refractivity contribution is 0.0697. The lowest BCUT2D eigenvalue weighted by Gasteiger charge is -2.01. The average Bonchev–Trinajstić information content (AvgIpc) is 3.17. The fourth-order valence-corrected chi connectivity index (χ4v) is 2.00. The van der Waals surface area contributed by atoms with Crippen LogP contribution in [0.15, 0.2) is 30.5 Å². The number of nitrogens with one attached hydrogen (secondary N) is 1. The molecule has 0 aliphatic rings. The Labute approximate surface area is 125 Å². The number of H-pyrrole nitrogens is 1. The summed E-state index contributed by atoms with van der Waals surface area (Å²) in [6, 6.07) is 6.69. The molecule has 22 heavy (non-hydrogen) atoms. The van der Waals surface area contributed by atoms with E-state index in [9.17, 15) is 4.79 Å². The molecule has 0 fully saturated rings. The Bertz CT molecular complexity index is 749. The molecule has 9 heteroatoms. The smallest absolute Gasteiger partial charge is 0.335 e. The van der Waals surface area contributed by atoms with Gasteiger partial charge in [-0.25, -0.2) is 9.48 Å². The summed E-state index contributed by atoms with van der Waals surface area (Å²) in [7, 11) is 0. The van der Waals surface area contributed by atoms with Crippen LogP contribution in [0.1, 0.15) is 27.4 Å². The van der Waals surface area contributed by atoms with Crippen LogP contribution in [-0.4, -0.2) is 46.7 Å². The molecule has 0 amide bonds. The van der Waals surface area contributed by atoms with E-state index in [1.165, 1.54) is 0 Å². The lowest BCUT2D eigenvalue weighted by Crippen LogP contribution is -2.02. The first-order valence-electron chi connectivity index (χ1n) is 6.64. The molecular weight excluding hydrogens is 286 g/mol. The Balaban J connectivity index is 1.60. The van der Waals surface area contributed by atoms with Crippen molar-refractivity contribution in [1.29, 1.82) is 0 Å². The Morgan fingerprint density at radius 3 is 2.68 bits per heavy atom. The number of hydrogen-bond acceptors (Lipinski definition) is 6.